The van der Waals surface area contributed by atoms with Gasteiger partial charge in [-0.3, -0.25) is 0 Å². The molecular formula is C12H14N2O2. The van der Waals surface area contributed by atoms with Crippen LogP contribution in [-0.4, -0.2) is 17.1 Å². The lowest BCUT2D eigenvalue weighted by molar-refractivity contribution is -0.137. The van der Waals surface area contributed by atoms with Gasteiger partial charge in [-0.05, 0) is 37.1 Å². The predicted molar refractivity (Wildman–Crippen MR) is 61.2 cm³/mol. The fraction of sp³-hybridized carbons (Fsp3) is 0.333. The number of aliphatic carboxylic acids is 1. The highest BCUT2D eigenvalue weighted by molar-refractivity contribution is 5.77. The van der Waals surface area contributed by atoms with E-state index in [1.807, 2.05) is 19.9 Å². The van der Waals surface area contributed by atoms with E-state index in [4.69, 9.17) is 10.4 Å². The van der Waals surface area contributed by atoms with Crippen molar-refractivity contribution < 1.29 is 9.90 Å². The SMILES string of the molecule is CCC(Nc1ccc(C#N)cc1C)C(=O)O. The van der Waals surface area contributed by atoms with E-state index in [2.05, 4.69) is 5.32 Å². The van der Waals surface area contributed by atoms with Gasteiger partial charge in [0.2, 0.25) is 0 Å². The molecule has 4 heteroatoms. The number of carboxylic acids is 1. The van der Waals surface area contributed by atoms with Crippen molar-refractivity contribution in [2.75, 3.05) is 5.32 Å². The third-order valence-electron chi connectivity index (χ3n) is 2.39. The molecule has 4 nitrogen and oxygen atoms in total. The first-order valence-corrected chi connectivity index (χ1v) is 5.08. The molecule has 84 valence electrons. The first-order chi connectivity index (χ1) is 7.58. The number of carboxylic acid groups (broad SMARTS) is 1. The van der Waals surface area contributed by atoms with Crippen LogP contribution in [0.1, 0.15) is 24.5 Å². The summed E-state index contributed by atoms with van der Waals surface area (Å²) in [5, 5.41) is 20.6. The molecule has 0 aliphatic rings. The minimum Gasteiger partial charge on any atom is -0.480 e. The molecule has 0 aliphatic heterocycles. The summed E-state index contributed by atoms with van der Waals surface area (Å²) >= 11 is 0. The molecule has 0 spiro atoms. The highest BCUT2D eigenvalue weighted by Gasteiger charge is 2.15. The van der Waals surface area contributed by atoms with Crippen LogP contribution in [0.5, 0.6) is 0 Å². The fourth-order valence-electron chi connectivity index (χ4n) is 1.42. The van der Waals surface area contributed by atoms with Crippen molar-refractivity contribution in [2.24, 2.45) is 0 Å². The van der Waals surface area contributed by atoms with Crippen LogP contribution in [0.15, 0.2) is 18.2 Å². The highest BCUT2D eigenvalue weighted by atomic mass is 16.4. The quantitative estimate of drug-likeness (QED) is 0.812. The van der Waals surface area contributed by atoms with Crippen molar-refractivity contribution in [3.63, 3.8) is 0 Å². The molecule has 2 N–H and O–H groups in total. The van der Waals surface area contributed by atoms with Crippen molar-refractivity contribution in [3.8, 4) is 6.07 Å². The third kappa shape index (κ3) is 2.74. The molecule has 0 aliphatic carbocycles. The van der Waals surface area contributed by atoms with Gasteiger partial charge in [-0.2, -0.15) is 5.26 Å². The van der Waals surface area contributed by atoms with Gasteiger partial charge in [-0.25, -0.2) is 4.79 Å². The molecule has 0 fully saturated rings. The number of aryl methyl sites for hydroxylation is 1. The average Bonchev–Trinajstić information content (AvgIpc) is 2.26. The minimum atomic E-state index is -0.869. The van der Waals surface area contributed by atoms with Crippen LogP contribution >= 0.6 is 0 Å². The second-order valence-corrected chi connectivity index (χ2v) is 3.58. The topological polar surface area (TPSA) is 73.1 Å². The van der Waals surface area contributed by atoms with Gasteiger partial charge in [0, 0.05) is 5.69 Å². The van der Waals surface area contributed by atoms with Crippen molar-refractivity contribution in [3.05, 3.63) is 29.3 Å². The van der Waals surface area contributed by atoms with Gasteiger partial charge in [0.1, 0.15) is 6.04 Å². The Kier molecular flexibility index (Phi) is 3.90. The summed E-state index contributed by atoms with van der Waals surface area (Å²) in [5.41, 5.74) is 2.21. The van der Waals surface area contributed by atoms with E-state index in [-0.39, 0.29) is 0 Å². The maximum absolute atomic E-state index is 10.9. The van der Waals surface area contributed by atoms with E-state index in [0.29, 0.717) is 12.0 Å². The largest absolute Gasteiger partial charge is 0.480 e. The first kappa shape index (κ1) is 12.1. The lowest BCUT2D eigenvalue weighted by atomic mass is 10.1. The second kappa shape index (κ2) is 5.17. The van der Waals surface area contributed by atoms with E-state index in [1.165, 1.54) is 0 Å². The third-order valence-corrected chi connectivity index (χ3v) is 2.39. The van der Waals surface area contributed by atoms with Gasteiger partial charge in [0.25, 0.3) is 0 Å². The van der Waals surface area contributed by atoms with E-state index in [1.54, 1.807) is 18.2 Å². The zero-order valence-electron chi connectivity index (χ0n) is 9.32. The maximum Gasteiger partial charge on any atom is 0.326 e. The molecule has 1 atom stereocenters. The lowest BCUT2D eigenvalue weighted by Crippen LogP contribution is -2.28. The zero-order valence-corrected chi connectivity index (χ0v) is 9.32. The molecular weight excluding hydrogens is 204 g/mol. The van der Waals surface area contributed by atoms with Crippen molar-refractivity contribution in [1.82, 2.24) is 0 Å². The molecule has 1 unspecified atom stereocenters. The number of anilines is 1. The molecule has 0 bridgehead atoms. The molecule has 0 amide bonds. The first-order valence-electron chi connectivity index (χ1n) is 5.08. The van der Waals surface area contributed by atoms with Crippen LogP contribution in [0.3, 0.4) is 0 Å². The standard InChI is InChI=1S/C12H14N2O2/c1-3-10(12(15)16)14-11-5-4-9(7-13)6-8(11)2/h4-6,10,14H,3H2,1-2H3,(H,15,16). The van der Waals surface area contributed by atoms with Crippen molar-refractivity contribution in [2.45, 2.75) is 26.3 Å². The molecule has 0 aromatic heterocycles. The van der Waals surface area contributed by atoms with Crippen molar-refractivity contribution >= 4 is 11.7 Å². The number of nitriles is 1. The Hall–Kier alpha value is -2.02. The normalized spacial score (nSPS) is 11.6. The molecule has 0 saturated carbocycles. The molecule has 1 aromatic carbocycles. The van der Waals surface area contributed by atoms with Crippen LogP contribution in [-0.2, 0) is 4.79 Å². The Morgan fingerprint density at radius 3 is 2.75 bits per heavy atom. The highest BCUT2D eigenvalue weighted by Crippen LogP contribution is 2.17. The van der Waals surface area contributed by atoms with Crippen LogP contribution in [0, 0.1) is 18.3 Å². The summed E-state index contributed by atoms with van der Waals surface area (Å²) in [6.45, 7) is 3.66. The molecule has 1 aromatic rings. The average molecular weight is 218 g/mol. The van der Waals surface area contributed by atoms with E-state index < -0.39 is 12.0 Å². The number of nitrogens with zero attached hydrogens (tertiary/aromatic N) is 1. The van der Waals surface area contributed by atoms with Gasteiger partial charge >= 0.3 is 5.97 Å². The zero-order chi connectivity index (χ0) is 12.1. The van der Waals surface area contributed by atoms with Crippen LogP contribution in [0.4, 0.5) is 5.69 Å². The van der Waals surface area contributed by atoms with E-state index in [0.717, 1.165) is 11.3 Å². The summed E-state index contributed by atoms with van der Waals surface area (Å²) in [6, 6.07) is 6.59. The number of nitrogens with one attached hydrogen (secondary N) is 1. The van der Waals surface area contributed by atoms with Gasteiger partial charge in [0.05, 0.1) is 11.6 Å². The summed E-state index contributed by atoms with van der Waals surface area (Å²) in [5.74, 6) is -0.869. The van der Waals surface area contributed by atoms with E-state index in [9.17, 15) is 4.79 Å². The predicted octanol–water partition coefficient (Wildman–Crippen LogP) is 2.14. The van der Waals surface area contributed by atoms with E-state index >= 15 is 0 Å². The van der Waals surface area contributed by atoms with Crippen LogP contribution in [0.2, 0.25) is 0 Å². The van der Waals surface area contributed by atoms with Crippen molar-refractivity contribution in [1.29, 1.82) is 5.26 Å². The number of hydrogen-bond donors (Lipinski definition) is 2. The summed E-state index contributed by atoms with van der Waals surface area (Å²) in [4.78, 5) is 10.9. The van der Waals surface area contributed by atoms with Crippen LogP contribution in [0.25, 0.3) is 0 Å². The minimum absolute atomic E-state index is 0.509. The molecule has 0 radical (unpaired) electrons. The Morgan fingerprint density at radius 2 is 2.31 bits per heavy atom. The van der Waals surface area contributed by atoms with Gasteiger partial charge in [-0.15, -0.1) is 0 Å². The Morgan fingerprint density at radius 1 is 1.62 bits per heavy atom. The number of hydrogen-bond acceptors (Lipinski definition) is 3. The molecule has 1 rings (SSSR count). The monoisotopic (exact) mass is 218 g/mol. The summed E-state index contributed by atoms with van der Waals surface area (Å²) in [7, 11) is 0. The second-order valence-electron chi connectivity index (χ2n) is 3.58. The molecule has 0 saturated heterocycles. The molecule has 0 heterocycles. The number of benzene rings is 1. The Balaban J connectivity index is 2.90. The summed E-state index contributed by atoms with van der Waals surface area (Å²) < 4.78 is 0. The molecule has 16 heavy (non-hydrogen) atoms. The smallest absolute Gasteiger partial charge is 0.326 e. The fourth-order valence-corrected chi connectivity index (χ4v) is 1.42. The van der Waals surface area contributed by atoms with Gasteiger partial charge in [-0.1, -0.05) is 6.92 Å². The maximum atomic E-state index is 10.9. The Bertz CT molecular complexity index is 435. The number of rotatable bonds is 4. The van der Waals surface area contributed by atoms with Crippen LogP contribution < -0.4 is 5.32 Å². The van der Waals surface area contributed by atoms with Gasteiger partial charge in [0.15, 0.2) is 0 Å². The summed E-state index contributed by atoms with van der Waals surface area (Å²) in [6.07, 6.45) is 0.509. The van der Waals surface area contributed by atoms with Gasteiger partial charge < -0.3 is 10.4 Å². The number of carbonyl (C=O) groups is 1. The lowest BCUT2D eigenvalue weighted by Gasteiger charge is -2.15. The Labute approximate surface area is 94.5 Å².